The monoisotopic (exact) mass is 413 g/mol. The van der Waals surface area contributed by atoms with Crippen molar-refractivity contribution in [3.63, 3.8) is 0 Å². The van der Waals surface area contributed by atoms with E-state index in [2.05, 4.69) is 10.5 Å². The van der Waals surface area contributed by atoms with Gasteiger partial charge in [-0.15, -0.1) is 0 Å². The van der Waals surface area contributed by atoms with E-state index in [1.165, 1.54) is 0 Å². The van der Waals surface area contributed by atoms with Gasteiger partial charge in [-0.3, -0.25) is 10.1 Å². The molecule has 0 spiro atoms. The standard InChI is InChI=1S/C21H20ClN3O4/c1-4-28-21(27)17-18(13-5-9-15(22)10-6-13)24-29-20(17)23-19(26)14-7-11-16(12-8-14)25(2)3/h5-12H,4H2,1-3H3,(H,23,26). The minimum absolute atomic E-state index is 0.0486. The summed E-state index contributed by atoms with van der Waals surface area (Å²) >= 11 is 5.93. The number of esters is 1. The fraction of sp³-hybridized carbons (Fsp3) is 0.190. The first-order valence-corrected chi connectivity index (χ1v) is 9.30. The maximum absolute atomic E-state index is 12.6. The van der Waals surface area contributed by atoms with Crippen LogP contribution in [0, 0.1) is 0 Å². The number of nitrogens with one attached hydrogen (secondary N) is 1. The van der Waals surface area contributed by atoms with Crippen molar-refractivity contribution in [3.8, 4) is 11.3 Å². The van der Waals surface area contributed by atoms with Crippen LogP contribution in [0.1, 0.15) is 27.6 Å². The Labute approximate surface area is 173 Å². The number of nitrogens with zero attached hydrogens (tertiary/aromatic N) is 2. The number of hydrogen-bond acceptors (Lipinski definition) is 6. The second-order valence-electron chi connectivity index (χ2n) is 6.36. The zero-order valence-electron chi connectivity index (χ0n) is 16.2. The summed E-state index contributed by atoms with van der Waals surface area (Å²) in [5.41, 5.74) is 2.29. The number of ether oxygens (including phenoxy) is 1. The van der Waals surface area contributed by atoms with Gasteiger partial charge in [-0.05, 0) is 43.3 Å². The molecule has 1 heterocycles. The molecule has 150 valence electrons. The lowest BCUT2D eigenvalue weighted by atomic mass is 10.1. The van der Waals surface area contributed by atoms with Crippen LogP contribution in [0.3, 0.4) is 0 Å². The summed E-state index contributed by atoms with van der Waals surface area (Å²) in [6, 6.07) is 13.8. The highest BCUT2D eigenvalue weighted by molar-refractivity contribution is 6.30. The van der Waals surface area contributed by atoms with E-state index in [9.17, 15) is 9.59 Å². The first-order chi connectivity index (χ1) is 13.9. The molecule has 0 aliphatic carbocycles. The van der Waals surface area contributed by atoms with Crippen molar-refractivity contribution in [2.75, 3.05) is 30.9 Å². The Kier molecular flexibility index (Phi) is 6.19. The largest absolute Gasteiger partial charge is 0.462 e. The molecular formula is C21H20ClN3O4. The molecule has 0 saturated carbocycles. The number of carbonyl (C=O) groups excluding carboxylic acids is 2. The first kappa shape index (κ1) is 20.4. The van der Waals surface area contributed by atoms with E-state index in [4.69, 9.17) is 20.9 Å². The maximum atomic E-state index is 12.6. The van der Waals surface area contributed by atoms with Crippen molar-refractivity contribution in [1.29, 1.82) is 0 Å². The fourth-order valence-corrected chi connectivity index (χ4v) is 2.79. The molecule has 7 nitrogen and oxygen atoms in total. The number of rotatable bonds is 6. The van der Waals surface area contributed by atoms with Crippen LogP contribution in [0.25, 0.3) is 11.3 Å². The van der Waals surface area contributed by atoms with Crippen molar-refractivity contribution in [1.82, 2.24) is 5.16 Å². The molecule has 1 aromatic heterocycles. The maximum Gasteiger partial charge on any atom is 0.346 e. The quantitative estimate of drug-likeness (QED) is 0.599. The molecule has 0 radical (unpaired) electrons. The normalized spacial score (nSPS) is 10.5. The van der Waals surface area contributed by atoms with Gasteiger partial charge < -0.3 is 14.2 Å². The lowest BCUT2D eigenvalue weighted by molar-refractivity contribution is 0.0528. The molecule has 3 rings (SSSR count). The number of amides is 1. The smallest absolute Gasteiger partial charge is 0.346 e. The van der Waals surface area contributed by atoms with Crippen molar-refractivity contribution >= 4 is 35.0 Å². The van der Waals surface area contributed by atoms with Crippen molar-refractivity contribution < 1.29 is 18.8 Å². The third-order valence-electron chi connectivity index (χ3n) is 4.16. The molecule has 0 atom stereocenters. The molecule has 0 bridgehead atoms. The van der Waals surface area contributed by atoms with Crippen molar-refractivity contribution in [2.24, 2.45) is 0 Å². The third-order valence-corrected chi connectivity index (χ3v) is 4.41. The summed E-state index contributed by atoms with van der Waals surface area (Å²) in [7, 11) is 3.82. The highest BCUT2D eigenvalue weighted by Crippen LogP contribution is 2.31. The summed E-state index contributed by atoms with van der Waals surface area (Å²) in [5, 5.41) is 7.12. The van der Waals surface area contributed by atoms with Gasteiger partial charge in [0, 0.05) is 35.9 Å². The molecule has 0 aliphatic rings. The Hall–Kier alpha value is -3.32. The molecule has 0 unspecified atom stereocenters. The van der Waals surface area contributed by atoms with Crippen LogP contribution in [0.5, 0.6) is 0 Å². The van der Waals surface area contributed by atoms with Gasteiger partial charge in [0.25, 0.3) is 5.91 Å². The Morgan fingerprint density at radius 2 is 1.76 bits per heavy atom. The van der Waals surface area contributed by atoms with Crippen molar-refractivity contribution in [3.05, 3.63) is 64.7 Å². The predicted molar refractivity (Wildman–Crippen MR) is 112 cm³/mol. The van der Waals surface area contributed by atoms with Gasteiger partial charge in [0.1, 0.15) is 5.69 Å². The number of aromatic nitrogens is 1. The SMILES string of the molecule is CCOC(=O)c1c(-c2ccc(Cl)cc2)noc1NC(=O)c1ccc(N(C)C)cc1. The highest BCUT2D eigenvalue weighted by atomic mass is 35.5. The Bertz CT molecular complexity index is 1010. The number of benzene rings is 2. The van der Waals surface area contributed by atoms with Gasteiger partial charge >= 0.3 is 5.97 Å². The summed E-state index contributed by atoms with van der Waals surface area (Å²) in [4.78, 5) is 27.1. The van der Waals surface area contributed by atoms with E-state index in [-0.39, 0.29) is 23.7 Å². The lowest BCUT2D eigenvalue weighted by Crippen LogP contribution is -2.15. The fourth-order valence-electron chi connectivity index (χ4n) is 2.66. The topological polar surface area (TPSA) is 84.7 Å². The average molecular weight is 414 g/mol. The Morgan fingerprint density at radius 1 is 1.10 bits per heavy atom. The highest BCUT2D eigenvalue weighted by Gasteiger charge is 2.27. The van der Waals surface area contributed by atoms with Gasteiger partial charge in [0.05, 0.1) is 6.61 Å². The van der Waals surface area contributed by atoms with E-state index >= 15 is 0 Å². The van der Waals surface area contributed by atoms with Crippen LogP contribution in [-0.4, -0.2) is 37.7 Å². The zero-order valence-corrected chi connectivity index (χ0v) is 17.0. The van der Waals surface area contributed by atoms with E-state index in [1.807, 2.05) is 31.1 Å². The number of anilines is 2. The van der Waals surface area contributed by atoms with Crippen molar-refractivity contribution in [2.45, 2.75) is 6.92 Å². The summed E-state index contributed by atoms with van der Waals surface area (Å²) in [5.74, 6) is -1.15. The van der Waals surface area contributed by atoms with Gasteiger partial charge in [-0.25, -0.2) is 4.79 Å². The molecule has 0 saturated heterocycles. The molecule has 0 aliphatic heterocycles. The van der Waals surface area contributed by atoms with E-state index in [1.54, 1.807) is 43.3 Å². The Morgan fingerprint density at radius 3 is 2.34 bits per heavy atom. The van der Waals surface area contributed by atoms with Crippen LogP contribution in [-0.2, 0) is 4.74 Å². The second kappa shape index (κ2) is 8.79. The van der Waals surface area contributed by atoms with Crippen LogP contribution in [0.15, 0.2) is 53.1 Å². The van der Waals surface area contributed by atoms with Gasteiger partial charge in [0.2, 0.25) is 5.88 Å². The lowest BCUT2D eigenvalue weighted by Gasteiger charge is -2.12. The minimum atomic E-state index is -0.642. The molecule has 29 heavy (non-hydrogen) atoms. The van der Waals surface area contributed by atoms with E-state index < -0.39 is 11.9 Å². The van der Waals surface area contributed by atoms with E-state index in [0.717, 1.165) is 5.69 Å². The van der Waals surface area contributed by atoms with Crippen LogP contribution in [0.4, 0.5) is 11.6 Å². The summed E-state index contributed by atoms with van der Waals surface area (Å²) in [6.07, 6.45) is 0. The average Bonchev–Trinajstić information content (AvgIpc) is 3.12. The van der Waals surface area contributed by atoms with Crippen LogP contribution >= 0.6 is 11.6 Å². The van der Waals surface area contributed by atoms with E-state index in [0.29, 0.717) is 16.1 Å². The van der Waals surface area contributed by atoms with Crippen LogP contribution in [0.2, 0.25) is 5.02 Å². The number of hydrogen-bond donors (Lipinski definition) is 1. The molecule has 8 heteroatoms. The zero-order chi connectivity index (χ0) is 21.0. The molecule has 1 N–H and O–H groups in total. The molecular weight excluding hydrogens is 394 g/mol. The molecule has 0 fully saturated rings. The minimum Gasteiger partial charge on any atom is -0.462 e. The predicted octanol–water partition coefficient (Wildman–Crippen LogP) is 4.49. The second-order valence-corrected chi connectivity index (χ2v) is 6.79. The van der Waals surface area contributed by atoms with Gasteiger partial charge in [-0.1, -0.05) is 28.9 Å². The number of carbonyl (C=O) groups is 2. The van der Waals surface area contributed by atoms with Gasteiger partial charge in [-0.2, -0.15) is 0 Å². The van der Waals surface area contributed by atoms with Gasteiger partial charge in [0.15, 0.2) is 5.56 Å². The number of halogens is 1. The Balaban J connectivity index is 1.93. The molecule has 2 aromatic carbocycles. The molecule has 3 aromatic rings. The first-order valence-electron chi connectivity index (χ1n) is 8.92. The summed E-state index contributed by atoms with van der Waals surface area (Å²) in [6.45, 7) is 1.86. The summed E-state index contributed by atoms with van der Waals surface area (Å²) < 4.78 is 10.4. The third kappa shape index (κ3) is 4.57. The van der Waals surface area contributed by atoms with Crippen LogP contribution < -0.4 is 10.2 Å². The molecule has 1 amide bonds.